The van der Waals surface area contributed by atoms with Gasteiger partial charge in [0.05, 0.1) is 5.69 Å². The lowest BCUT2D eigenvalue weighted by atomic mass is 9.83. The zero-order chi connectivity index (χ0) is 8.39. The zero-order valence-electron chi connectivity index (χ0n) is 7.12. The summed E-state index contributed by atoms with van der Waals surface area (Å²) in [6.07, 6.45) is 6.43. The summed E-state index contributed by atoms with van der Waals surface area (Å²) in [5, 5.41) is 0. The van der Waals surface area contributed by atoms with Crippen molar-refractivity contribution < 1.29 is 4.42 Å². The van der Waals surface area contributed by atoms with Crippen molar-refractivity contribution in [3.8, 4) is 0 Å². The molecule has 66 valence electrons. The van der Waals surface area contributed by atoms with Gasteiger partial charge < -0.3 is 10.2 Å². The number of nitrogens with zero attached hydrogens (tertiary/aromatic N) is 1. The molecule has 3 nitrogen and oxygen atoms in total. The molecule has 2 rings (SSSR count). The van der Waals surface area contributed by atoms with Crippen LogP contribution in [0.1, 0.15) is 36.8 Å². The Balaban J connectivity index is 2.02. The summed E-state index contributed by atoms with van der Waals surface area (Å²) >= 11 is 0. The van der Waals surface area contributed by atoms with Crippen LogP contribution in [0.4, 0.5) is 0 Å². The quantitative estimate of drug-likeness (QED) is 0.739. The first-order valence-electron chi connectivity index (χ1n) is 4.54. The molecule has 12 heavy (non-hydrogen) atoms. The first-order valence-corrected chi connectivity index (χ1v) is 4.54. The third kappa shape index (κ3) is 1.37. The van der Waals surface area contributed by atoms with Gasteiger partial charge in [0.2, 0.25) is 0 Å². The van der Waals surface area contributed by atoms with E-state index >= 15 is 0 Å². The highest BCUT2D eigenvalue weighted by Crippen LogP contribution is 2.35. The molecule has 0 bridgehead atoms. The van der Waals surface area contributed by atoms with Gasteiger partial charge >= 0.3 is 0 Å². The molecule has 1 aromatic rings. The van der Waals surface area contributed by atoms with Crippen LogP contribution in [0.15, 0.2) is 10.7 Å². The van der Waals surface area contributed by atoms with Gasteiger partial charge in [-0.25, -0.2) is 4.98 Å². The SMILES string of the molecule is NCCc1nc(C2CCC2)co1. The normalized spacial score (nSPS) is 17.8. The van der Waals surface area contributed by atoms with Crippen molar-refractivity contribution in [1.29, 1.82) is 0 Å². The van der Waals surface area contributed by atoms with Crippen LogP contribution < -0.4 is 5.73 Å². The molecule has 1 aliphatic carbocycles. The molecule has 1 fully saturated rings. The van der Waals surface area contributed by atoms with Crippen molar-refractivity contribution in [1.82, 2.24) is 4.98 Å². The van der Waals surface area contributed by atoms with Crippen LogP contribution in [-0.2, 0) is 6.42 Å². The summed E-state index contributed by atoms with van der Waals surface area (Å²) in [4.78, 5) is 4.38. The first kappa shape index (κ1) is 7.80. The predicted molar refractivity (Wildman–Crippen MR) is 45.9 cm³/mol. The fourth-order valence-electron chi connectivity index (χ4n) is 1.45. The minimum atomic E-state index is 0.616. The van der Waals surface area contributed by atoms with Crippen molar-refractivity contribution in [3.05, 3.63) is 17.8 Å². The average molecular weight is 166 g/mol. The molecule has 1 heterocycles. The predicted octanol–water partition coefficient (Wildman–Crippen LogP) is 1.44. The van der Waals surface area contributed by atoms with E-state index in [9.17, 15) is 0 Å². The molecule has 0 amide bonds. The Morgan fingerprint density at radius 3 is 3.00 bits per heavy atom. The molecule has 3 heteroatoms. The van der Waals surface area contributed by atoms with E-state index in [1.807, 2.05) is 0 Å². The van der Waals surface area contributed by atoms with Gasteiger partial charge in [-0.15, -0.1) is 0 Å². The van der Waals surface area contributed by atoms with Gasteiger partial charge in [0, 0.05) is 18.9 Å². The third-order valence-electron chi connectivity index (χ3n) is 2.45. The summed E-state index contributed by atoms with van der Waals surface area (Å²) < 4.78 is 5.27. The second-order valence-corrected chi connectivity index (χ2v) is 3.33. The summed E-state index contributed by atoms with van der Waals surface area (Å²) in [5.41, 5.74) is 6.52. The topological polar surface area (TPSA) is 52.0 Å². The van der Waals surface area contributed by atoms with Gasteiger partial charge in [-0.05, 0) is 12.8 Å². The van der Waals surface area contributed by atoms with Gasteiger partial charge in [-0.1, -0.05) is 6.42 Å². The molecular formula is C9H14N2O. The van der Waals surface area contributed by atoms with Gasteiger partial charge in [-0.2, -0.15) is 0 Å². The summed E-state index contributed by atoms with van der Waals surface area (Å²) in [6, 6.07) is 0. The highest BCUT2D eigenvalue weighted by atomic mass is 16.3. The summed E-state index contributed by atoms with van der Waals surface area (Å²) in [7, 11) is 0. The molecule has 0 aliphatic heterocycles. The van der Waals surface area contributed by atoms with Crippen molar-refractivity contribution >= 4 is 0 Å². The monoisotopic (exact) mass is 166 g/mol. The fourth-order valence-corrected chi connectivity index (χ4v) is 1.45. The van der Waals surface area contributed by atoms with Crippen LogP contribution in [-0.4, -0.2) is 11.5 Å². The van der Waals surface area contributed by atoms with Gasteiger partial charge in [-0.3, -0.25) is 0 Å². The molecule has 0 spiro atoms. The maximum absolute atomic E-state index is 5.39. The Bertz CT molecular complexity index is 253. The molecule has 0 saturated heterocycles. The Kier molecular flexibility index (Phi) is 2.13. The maximum atomic E-state index is 5.39. The largest absolute Gasteiger partial charge is 0.449 e. The van der Waals surface area contributed by atoms with Crippen LogP contribution in [0, 0.1) is 0 Å². The fraction of sp³-hybridized carbons (Fsp3) is 0.667. The van der Waals surface area contributed by atoms with E-state index < -0.39 is 0 Å². The minimum absolute atomic E-state index is 0.616. The van der Waals surface area contributed by atoms with E-state index in [0.717, 1.165) is 18.0 Å². The molecule has 2 N–H and O–H groups in total. The second-order valence-electron chi connectivity index (χ2n) is 3.33. The lowest BCUT2D eigenvalue weighted by Crippen LogP contribution is -2.09. The van der Waals surface area contributed by atoms with Crippen molar-refractivity contribution in [2.75, 3.05) is 6.54 Å². The number of aromatic nitrogens is 1. The molecule has 0 radical (unpaired) electrons. The van der Waals surface area contributed by atoms with Gasteiger partial charge in [0.1, 0.15) is 6.26 Å². The van der Waals surface area contributed by atoms with E-state index in [1.54, 1.807) is 6.26 Å². The first-order chi connectivity index (χ1) is 5.90. The minimum Gasteiger partial charge on any atom is -0.449 e. The lowest BCUT2D eigenvalue weighted by Gasteiger charge is -2.22. The Morgan fingerprint density at radius 2 is 2.42 bits per heavy atom. The van der Waals surface area contributed by atoms with Crippen LogP contribution in [0.5, 0.6) is 0 Å². The zero-order valence-corrected chi connectivity index (χ0v) is 7.12. The highest BCUT2D eigenvalue weighted by Gasteiger charge is 2.22. The average Bonchev–Trinajstić information content (AvgIpc) is 2.34. The Morgan fingerprint density at radius 1 is 1.58 bits per heavy atom. The second kappa shape index (κ2) is 3.27. The number of oxazole rings is 1. The van der Waals surface area contributed by atoms with E-state index in [2.05, 4.69) is 4.98 Å². The lowest BCUT2D eigenvalue weighted by molar-refractivity contribution is 0.409. The Labute approximate surface area is 72.0 Å². The van der Waals surface area contributed by atoms with Crippen LogP contribution >= 0.6 is 0 Å². The van der Waals surface area contributed by atoms with Gasteiger partial charge in [0.25, 0.3) is 0 Å². The van der Waals surface area contributed by atoms with E-state index in [-0.39, 0.29) is 0 Å². The molecule has 0 unspecified atom stereocenters. The Hall–Kier alpha value is -0.830. The van der Waals surface area contributed by atoms with Crippen LogP contribution in [0.25, 0.3) is 0 Å². The van der Waals surface area contributed by atoms with E-state index in [4.69, 9.17) is 10.2 Å². The third-order valence-corrected chi connectivity index (χ3v) is 2.45. The summed E-state index contributed by atoms with van der Waals surface area (Å²) in [6.45, 7) is 0.616. The molecule has 0 aromatic carbocycles. The van der Waals surface area contributed by atoms with Crippen molar-refractivity contribution in [2.24, 2.45) is 5.73 Å². The number of hydrogen-bond acceptors (Lipinski definition) is 3. The van der Waals surface area contributed by atoms with Crippen LogP contribution in [0.2, 0.25) is 0 Å². The molecular weight excluding hydrogens is 152 g/mol. The van der Waals surface area contributed by atoms with E-state index in [0.29, 0.717) is 12.5 Å². The molecule has 1 aliphatic rings. The van der Waals surface area contributed by atoms with E-state index in [1.165, 1.54) is 19.3 Å². The molecule has 0 atom stereocenters. The van der Waals surface area contributed by atoms with Gasteiger partial charge in [0.15, 0.2) is 5.89 Å². The maximum Gasteiger partial charge on any atom is 0.195 e. The number of rotatable bonds is 3. The van der Waals surface area contributed by atoms with Crippen molar-refractivity contribution in [2.45, 2.75) is 31.6 Å². The van der Waals surface area contributed by atoms with Crippen LogP contribution in [0.3, 0.4) is 0 Å². The highest BCUT2D eigenvalue weighted by molar-refractivity contribution is 5.07. The number of nitrogens with two attached hydrogens (primary N) is 1. The standard InChI is InChI=1S/C9H14N2O/c10-5-4-9-11-8(6-12-9)7-2-1-3-7/h6-7H,1-5,10H2. The molecule has 1 saturated carbocycles. The van der Waals surface area contributed by atoms with Crippen molar-refractivity contribution in [3.63, 3.8) is 0 Å². The smallest absolute Gasteiger partial charge is 0.195 e. The molecule has 1 aromatic heterocycles. The number of hydrogen-bond donors (Lipinski definition) is 1. The summed E-state index contributed by atoms with van der Waals surface area (Å²) in [5.74, 6) is 1.46.